The SMILES string of the molecule is Cc1cc(Cl)cc(-c2cccc3c2Cc2c(-c4ccccc4)cccc2-3)c1. The van der Waals surface area contributed by atoms with Gasteiger partial charge in [0.1, 0.15) is 0 Å². The highest BCUT2D eigenvalue weighted by molar-refractivity contribution is 6.31. The fourth-order valence-corrected chi connectivity index (χ4v) is 4.58. The summed E-state index contributed by atoms with van der Waals surface area (Å²) in [4.78, 5) is 0. The molecule has 0 saturated heterocycles. The number of benzene rings is 4. The highest BCUT2D eigenvalue weighted by Crippen LogP contribution is 2.45. The molecule has 1 aliphatic carbocycles. The minimum Gasteiger partial charge on any atom is -0.0843 e. The van der Waals surface area contributed by atoms with Crippen molar-refractivity contribution >= 4 is 11.6 Å². The van der Waals surface area contributed by atoms with E-state index in [0.29, 0.717) is 0 Å². The van der Waals surface area contributed by atoms with Gasteiger partial charge in [0.15, 0.2) is 0 Å². The highest BCUT2D eigenvalue weighted by Gasteiger charge is 2.24. The molecule has 1 aliphatic rings. The van der Waals surface area contributed by atoms with Gasteiger partial charge < -0.3 is 0 Å². The predicted molar refractivity (Wildman–Crippen MR) is 115 cm³/mol. The van der Waals surface area contributed by atoms with Gasteiger partial charge in [0, 0.05) is 5.02 Å². The number of rotatable bonds is 2. The molecule has 0 aliphatic heterocycles. The fourth-order valence-electron chi connectivity index (χ4n) is 4.29. The molecule has 27 heavy (non-hydrogen) atoms. The molecular weight excluding hydrogens is 348 g/mol. The Morgan fingerprint density at radius 2 is 1.19 bits per heavy atom. The van der Waals surface area contributed by atoms with Crippen molar-refractivity contribution in [1.82, 2.24) is 0 Å². The standard InChI is InChI=1S/C26H19Cl/c1-17-13-19(15-20(27)14-17)22-10-6-12-24-23-11-5-9-21(25(23)16-26(22)24)18-7-3-2-4-8-18/h2-15H,16H2,1H3. The van der Waals surface area contributed by atoms with E-state index in [2.05, 4.69) is 85.8 Å². The fraction of sp³-hybridized carbons (Fsp3) is 0.0769. The lowest BCUT2D eigenvalue weighted by Crippen LogP contribution is -1.90. The zero-order valence-electron chi connectivity index (χ0n) is 15.2. The molecule has 0 amide bonds. The topological polar surface area (TPSA) is 0 Å². The van der Waals surface area contributed by atoms with E-state index in [0.717, 1.165) is 11.4 Å². The van der Waals surface area contributed by atoms with Crippen LogP contribution in [0.3, 0.4) is 0 Å². The van der Waals surface area contributed by atoms with Gasteiger partial charge in [0.05, 0.1) is 0 Å². The van der Waals surface area contributed by atoms with E-state index in [4.69, 9.17) is 11.6 Å². The van der Waals surface area contributed by atoms with Crippen LogP contribution in [0.25, 0.3) is 33.4 Å². The van der Waals surface area contributed by atoms with Gasteiger partial charge in [-0.05, 0) is 75.5 Å². The van der Waals surface area contributed by atoms with Gasteiger partial charge in [-0.2, -0.15) is 0 Å². The minimum atomic E-state index is 0.795. The van der Waals surface area contributed by atoms with E-state index in [-0.39, 0.29) is 0 Å². The average Bonchev–Trinajstić information content (AvgIpc) is 3.07. The molecule has 0 radical (unpaired) electrons. The van der Waals surface area contributed by atoms with E-state index >= 15 is 0 Å². The van der Waals surface area contributed by atoms with Crippen LogP contribution in [0.15, 0.2) is 84.9 Å². The van der Waals surface area contributed by atoms with Crippen LogP contribution in [0.1, 0.15) is 16.7 Å². The average molecular weight is 367 g/mol. The summed E-state index contributed by atoms with van der Waals surface area (Å²) in [6.45, 7) is 2.10. The summed E-state index contributed by atoms with van der Waals surface area (Å²) in [7, 11) is 0. The van der Waals surface area contributed by atoms with Crippen LogP contribution in [0.2, 0.25) is 5.02 Å². The third-order valence-corrected chi connectivity index (χ3v) is 5.65. The molecular formula is C26H19Cl. The van der Waals surface area contributed by atoms with Crippen molar-refractivity contribution in [2.24, 2.45) is 0 Å². The first-order chi connectivity index (χ1) is 13.2. The maximum Gasteiger partial charge on any atom is 0.0414 e. The van der Waals surface area contributed by atoms with Gasteiger partial charge >= 0.3 is 0 Å². The third-order valence-electron chi connectivity index (χ3n) is 5.43. The van der Waals surface area contributed by atoms with Gasteiger partial charge in [-0.25, -0.2) is 0 Å². The van der Waals surface area contributed by atoms with E-state index in [1.54, 1.807) is 0 Å². The number of aryl methyl sites for hydroxylation is 1. The van der Waals surface area contributed by atoms with Crippen LogP contribution < -0.4 is 0 Å². The quantitative estimate of drug-likeness (QED) is 0.302. The van der Waals surface area contributed by atoms with Gasteiger partial charge in [-0.15, -0.1) is 0 Å². The molecule has 0 N–H and O–H groups in total. The molecule has 0 unspecified atom stereocenters. The summed E-state index contributed by atoms with van der Waals surface area (Å²) >= 11 is 6.35. The molecule has 0 saturated carbocycles. The Morgan fingerprint density at radius 3 is 1.81 bits per heavy atom. The van der Waals surface area contributed by atoms with Crippen LogP contribution in [0.5, 0.6) is 0 Å². The minimum absolute atomic E-state index is 0.795. The summed E-state index contributed by atoms with van der Waals surface area (Å²) in [5.74, 6) is 0. The second kappa shape index (κ2) is 6.40. The Labute approximate surface area is 165 Å². The van der Waals surface area contributed by atoms with Gasteiger partial charge in [0.2, 0.25) is 0 Å². The van der Waals surface area contributed by atoms with Crippen LogP contribution >= 0.6 is 11.6 Å². The molecule has 4 aromatic carbocycles. The summed E-state index contributed by atoms with van der Waals surface area (Å²) in [6, 6.07) is 30.3. The summed E-state index contributed by atoms with van der Waals surface area (Å²) < 4.78 is 0. The molecule has 0 atom stereocenters. The zero-order chi connectivity index (χ0) is 18.4. The first-order valence-electron chi connectivity index (χ1n) is 9.28. The smallest absolute Gasteiger partial charge is 0.0414 e. The van der Waals surface area contributed by atoms with Crippen molar-refractivity contribution in [3.63, 3.8) is 0 Å². The summed E-state index contributed by atoms with van der Waals surface area (Å²) in [6.07, 6.45) is 0.956. The Bertz CT molecular complexity index is 1140. The van der Waals surface area contributed by atoms with Gasteiger partial charge in [-0.1, -0.05) is 84.4 Å². The highest BCUT2D eigenvalue weighted by atomic mass is 35.5. The van der Waals surface area contributed by atoms with E-state index < -0.39 is 0 Å². The Morgan fingerprint density at radius 1 is 0.593 bits per heavy atom. The summed E-state index contributed by atoms with van der Waals surface area (Å²) in [5, 5.41) is 0.795. The number of fused-ring (bicyclic) bond motifs is 3. The molecule has 4 aromatic rings. The second-order valence-electron chi connectivity index (χ2n) is 7.22. The molecule has 1 heteroatoms. The largest absolute Gasteiger partial charge is 0.0843 e. The molecule has 0 spiro atoms. The van der Waals surface area contributed by atoms with Crippen molar-refractivity contribution in [2.45, 2.75) is 13.3 Å². The van der Waals surface area contributed by atoms with E-state index in [9.17, 15) is 0 Å². The van der Waals surface area contributed by atoms with E-state index in [1.807, 2.05) is 6.07 Å². The molecule has 0 bridgehead atoms. The number of hydrogen-bond donors (Lipinski definition) is 0. The third kappa shape index (κ3) is 2.78. The monoisotopic (exact) mass is 366 g/mol. The molecule has 0 fully saturated rings. The zero-order valence-corrected chi connectivity index (χ0v) is 15.9. The van der Waals surface area contributed by atoms with Gasteiger partial charge in [0.25, 0.3) is 0 Å². The van der Waals surface area contributed by atoms with Crippen molar-refractivity contribution in [2.75, 3.05) is 0 Å². The van der Waals surface area contributed by atoms with Crippen LogP contribution in [-0.2, 0) is 6.42 Å². The normalized spacial score (nSPS) is 11.9. The van der Waals surface area contributed by atoms with Crippen LogP contribution in [0, 0.1) is 6.92 Å². The van der Waals surface area contributed by atoms with Crippen LogP contribution in [-0.4, -0.2) is 0 Å². The maximum absolute atomic E-state index is 6.35. The predicted octanol–water partition coefficient (Wildman–Crippen LogP) is 7.55. The Kier molecular flexibility index (Phi) is 3.88. The van der Waals surface area contributed by atoms with Crippen LogP contribution in [0.4, 0.5) is 0 Å². The molecule has 130 valence electrons. The maximum atomic E-state index is 6.35. The first-order valence-corrected chi connectivity index (χ1v) is 9.65. The molecule has 0 aromatic heterocycles. The first kappa shape index (κ1) is 16.4. The summed E-state index contributed by atoms with van der Waals surface area (Å²) in [5.41, 5.74) is 11.8. The van der Waals surface area contributed by atoms with Crippen molar-refractivity contribution in [3.8, 4) is 33.4 Å². The number of hydrogen-bond acceptors (Lipinski definition) is 0. The molecule has 0 nitrogen and oxygen atoms in total. The molecule has 5 rings (SSSR count). The Balaban J connectivity index is 1.69. The lowest BCUT2D eigenvalue weighted by Gasteiger charge is -2.10. The van der Waals surface area contributed by atoms with Crippen molar-refractivity contribution < 1.29 is 0 Å². The second-order valence-corrected chi connectivity index (χ2v) is 7.66. The molecule has 0 heterocycles. The number of halogens is 1. The van der Waals surface area contributed by atoms with Crippen molar-refractivity contribution in [3.05, 3.63) is 107 Å². The van der Waals surface area contributed by atoms with E-state index in [1.165, 1.54) is 50.1 Å². The lowest BCUT2D eigenvalue weighted by molar-refractivity contribution is 1.26. The lowest BCUT2D eigenvalue weighted by atomic mass is 9.94. The van der Waals surface area contributed by atoms with Gasteiger partial charge in [-0.3, -0.25) is 0 Å². The Hall–Kier alpha value is -2.83. The van der Waals surface area contributed by atoms with Crippen molar-refractivity contribution in [1.29, 1.82) is 0 Å².